The largest absolute Gasteiger partial charge is 0.212 e. The topological polar surface area (TPSA) is 46.2 Å². The van der Waals surface area contributed by atoms with Gasteiger partial charge in [0.15, 0.2) is 0 Å². The van der Waals surface area contributed by atoms with Gasteiger partial charge in [-0.05, 0) is 28.5 Å². The van der Waals surface area contributed by atoms with E-state index in [4.69, 9.17) is 0 Å². The van der Waals surface area contributed by atoms with Gasteiger partial charge in [-0.25, -0.2) is 13.1 Å². The molecule has 5 heteroatoms. The summed E-state index contributed by atoms with van der Waals surface area (Å²) in [5.74, 6) is 0.705. The zero-order valence-corrected chi connectivity index (χ0v) is 12.3. The van der Waals surface area contributed by atoms with Gasteiger partial charge in [0.25, 0.3) is 0 Å². The van der Waals surface area contributed by atoms with Gasteiger partial charge in [-0.2, -0.15) is 12.6 Å². The molecule has 19 heavy (non-hydrogen) atoms. The highest BCUT2D eigenvalue weighted by Crippen LogP contribution is 2.18. The van der Waals surface area contributed by atoms with Crippen molar-refractivity contribution < 1.29 is 8.42 Å². The fourth-order valence-corrected chi connectivity index (χ4v) is 3.38. The smallest absolute Gasteiger partial charge is 0.211 e. The van der Waals surface area contributed by atoms with Crippen molar-refractivity contribution in [1.82, 2.24) is 4.72 Å². The van der Waals surface area contributed by atoms with E-state index in [2.05, 4.69) is 17.4 Å². The number of sulfonamides is 1. The molecule has 102 valence electrons. The highest BCUT2D eigenvalue weighted by atomic mass is 32.2. The molecule has 2 aromatic rings. The Morgan fingerprint density at radius 2 is 1.79 bits per heavy atom. The maximum atomic E-state index is 11.8. The van der Waals surface area contributed by atoms with E-state index in [1.54, 1.807) is 0 Å². The Morgan fingerprint density at radius 1 is 1.05 bits per heavy atom. The third-order valence-electron chi connectivity index (χ3n) is 2.93. The molecule has 0 unspecified atom stereocenters. The van der Waals surface area contributed by atoms with E-state index >= 15 is 0 Å². The monoisotopic (exact) mass is 295 g/mol. The second-order valence-electron chi connectivity index (χ2n) is 4.36. The minimum atomic E-state index is -3.21. The molecule has 3 nitrogen and oxygen atoms in total. The van der Waals surface area contributed by atoms with Crippen LogP contribution >= 0.6 is 12.6 Å². The Labute approximate surface area is 119 Å². The van der Waals surface area contributed by atoms with Crippen LogP contribution in [0.5, 0.6) is 0 Å². The maximum absolute atomic E-state index is 11.8. The number of hydrogen-bond acceptors (Lipinski definition) is 3. The number of fused-ring (bicyclic) bond motifs is 1. The van der Waals surface area contributed by atoms with Crippen molar-refractivity contribution in [1.29, 1.82) is 0 Å². The lowest BCUT2D eigenvalue weighted by molar-refractivity contribution is 0.580. The van der Waals surface area contributed by atoms with Crippen molar-refractivity contribution in [2.45, 2.75) is 13.0 Å². The lowest BCUT2D eigenvalue weighted by Crippen LogP contribution is -2.26. The number of nitrogens with one attached hydrogen (secondary N) is 1. The van der Waals surface area contributed by atoms with Crippen LogP contribution in [0.25, 0.3) is 10.8 Å². The third-order valence-corrected chi connectivity index (χ3v) is 4.66. The van der Waals surface area contributed by atoms with E-state index < -0.39 is 10.0 Å². The molecule has 0 bridgehead atoms. The zero-order chi connectivity index (χ0) is 13.7. The Bertz CT molecular complexity index is 648. The van der Waals surface area contributed by atoms with Gasteiger partial charge in [0.05, 0.1) is 5.75 Å². The lowest BCUT2D eigenvalue weighted by atomic mass is 10.1. The van der Waals surface area contributed by atoms with Gasteiger partial charge in [0.1, 0.15) is 0 Å². The molecule has 0 heterocycles. The molecule has 0 aromatic heterocycles. The second kappa shape index (κ2) is 6.41. The molecule has 0 aliphatic heterocycles. The van der Waals surface area contributed by atoms with Crippen molar-refractivity contribution in [3.8, 4) is 0 Å². The van der Waals surface area contributed by atoms with Crippen LogP contribution in [0.2, 0.25) is 0 Å². The predicted molar refractivity (Wildman–Crippen MR) is 83.0 cm³/mol. The molecule has 0 aliphatic carbocycles. The van der Waals surface area contributed by atoms with Crippen LogP contribution in [0.1, 0.15) is 12.0 Å². The Hall–Kier alpha value is -1.04. The predicted octanol–water partition coefficient (Wildman–Crippen LogP) is 2.58. The Morgan fingerprint density at radius 3 is 2.58 bits per heavy atom. The average Bonchev–Trinajstić information content (AvgIpc) is 2.43. The maximum Gasteiger partial charge on any atom is 0.211 e. The normalized spacial score (nSPS) is 11.8. The summed E-state index contributed by atoms with van der Waals surface area (Å²) in [5, 5.41) is 2.21. The van der Waals surface area contributed by atoms with Crippen molar-refractivity contribution in [2.75, 3.05) is 11.5 Å². The molecule has 2 aromatic carbocycles. The Kier molecular flexibility index (Phi) is 4.85. The highest BCUT2D eigenvalue weighted by molar-refractivity contribution is 7.89. The van der Waals surface area contributed by atoms with Gasteiger partial charge in [-0.15, -0.1) is 0 Å². The number of hydrogen-bond donors (Lipinski definition) is 2. The molecule has 0 radical (unpaired) electrons. The first-order chi connectivity index (χ1) is 9.12. The Balaban J connectivity index is 2.14. The third kappa shape index (κ3) is 3.96. The molecule has 0 amide bonds. The quantitative estimate of drug-likeness (QED) is 0.805. The molecular formula is C14H17NO2S2. The molecule has 0 saturated carbocycles. The van der Waals surface area contributed by atoms with Crippen molar-refractivity contribution in [3.63, 3.8) is 0 Å². The molecule has 2 rings (SSSR count). The van der Waals surface area contributed by atoms with E-state index in [-0.39, 0.29) is 5.75 Å². The first-order valence-electron chi connectivity index (χ1n) is 6.17. The van der Waals surface area contributed by atoms with E-state index in [0.717, 1.165) is 16.3 Å². The fourth-order valence-electron chi connectivity index (χ4n) is 1.96. The number of thiol groups is 1. The molecule has 0 aliphatic rings. The standard InChI is InChI=1S/C14H17NO2S2/c16-19(17,10-4-9-18)15-11-13-7-3-6-12-5-1-2-8-14(12)13/h1-3,5-8,15,18H,4,9-11H2. The summed E-state index contributed by atoms with van der Waals surface area (Å²) >= 11 is 4.03. The van der Waals surface area contributed by atoms with Crippen LogP contribution in [-0.2, 0) is 16.6 Å². The molecule has 1 N–H and O–H groups in total. The van der Waals surface area contributed by atoms with Crippen LogP contribution in [-0.4, -0.2) is 19.9 Å². The zero-order valence-electron chi connectivity index (χ0n) is 10.5. The first-order valence-corrected chi connectivity index (χ1v) is 8.46. The summed E-state index contributed by atoms with van der Waals surface area (Å²) < 4.78 is 26.1. The number of benzene rings is 2. The van der Waals surface area contributed by atoms with E-state index in [0.29, 0.717) is 18.7 Å². The summed E-state index contributed by atoms with van der Waals surface area (Å²) in [7, 11) is -3.21. The summed E-state index contributed by atoms with van der Waals surface area (Å²) in [5.41, 5.74) is 0.993. The molecule has 0 fully saturated rings. The van der Waals surface area contributed by atoms with Crippen LogP contribution in [0.4, 0.5) is 0 Å². The number of rotatable bonds is 6. The van der Waals surface area contributed by atoms with E-state index in [9.17, 15) is 8.42 Å². The minimum Gasteiger partial charge on any atom is -0.212 e. The summed E-state index contributed by atoms with van der Waals surface area (Å²) in [6.45, 7) is 0.330. The van der Waals surface area contributed by atoms with Crippen LogP contribution in [0.3, 0.4) is 0 Å². The van der Waals surface area contributed by atoms with Crippen LogP contribution < -0.4 is 4.72 Å². The highest BCUT2D eigenvalue weighted by Gasteiger charge is 2.09. The molecular weight excluding hydrogens is 278 g/mol. The van der Waals surface area contributed by atoms with Crippen molar-refractivity contribution in [2.24, 2.45) is 0 Å². The van der Waals surface area contributed by atoms with Gasteiger partial charge in [0, 0.05) is 6.54 Å². The van der Waals surface area contributed by atoms with Crippen LogP contribution in [0.15, 0.2) is 42.5 Å². The summed E-state index contributed by atoms with van der Waals surface area (Å²) in [4.78, 5) is 0. The van der Waals surface area contributed by atoms with Gasteiger partial charge in [-0.3, -0.25) is 0 Å². The minimum absolute atomic E-state index is 0.126. The van der Waals surface area contributed by atoms with Crippen LogP contribution in [0, 0.1) is 0 Å². The second-order valence-corrected chi connectivity index (χ2v) is 6.73. The molecule has 0 saturated heterocycles. The van der Waals surface area contributed by atoms with E-state index in [1.165, 1.54) is 0 Å². The fraction of sp³-hybridized carbons (Fsp3) is 0.286. The van der Waals surface area contributed by atoms with Gasteiger partial charge >= 0.3 is 0 Å². The van der Waals surface area contributed by atoms with Crippen molar-refractivity contribution >= 4 is 33.4 Å². The summed E-state index contributed by atoms with van der Waals surface area (Å²) in [6, 6.07) is 13.9. The van der Waals surface area contributed by atoms with Gasteiger partial charge in [0.2, 0.25) is 10.0 Å². The first kappa shape index (κ1) is 14.4. The lowest BCUT2D eigenvalue weighted by Gasteiger charge is -2.08. The average molecular weight is 295 g/mol. The SMILES string of the molecule is O=S(=O)(CCCS)NCc1cccc2ccccc12. The molecule has 0 atom stereocenters. The van der Waals surface area contributed by atoms with E-state index in [1.807, 2.05) is 42.5 Å². The van der Waals surface area contributed by atoms with Crippen molar-refractivity contribution in [3.05, 3.63) is 48.0 Å². The molecule has 0 spiro atoms. The van der Waals surface area contributed by atoms with Gasteiger partial charge in [-0.1, -0.05) is 42.5 Å². The van der Waals surface area contributed by atoms with Gasteiger partial charge < -0.3 is 0 Å². The summed E-state index contributed by atoms with van der Waals surface area (Å²) in [6.07, 6.45) is 0.563.